The van der Waals surface area contributed by atoms with E-state index in [1.165, 1.54) is 0 Å². The number of rotatable bonds is 2. The lowest BCUT2D eigenvalue weighted by Crippen LogP contribution is -2.35. The van der Waals surface area contributed by atoms with Gasteiger partial charge < -0.3 is 5.32 Å². The second kappa shape index (κ2) is 5.04. The summed E-state index contributed by atoms with van der Waals surface area (Å²) >= 11 is 0. The Morgan fingerprint density at radius 1 is 1.30 bits per heavy atom. The van der Waals surface area contributed by atoms with Crippen molar-refractivity contribution in [1.29, 1.82) is 0 Å². The molecule has 4 nitrogen and oxygen atoms in total. The highest BCUT2D eigenvalue weighted by Crippen LogP contribution is 2.34. The van der Waals surface area contributed by atoms with Crippen LogP contribution in [-0.2, 0) is 16.4 Å². The quantitative estimate of drug-likeness (QED) is 0.911. The van der Waals surface area contributed by atoms with Gasteiger partial charge in [0.05, 0.1) is 4.90 Å². The van der Waals surface area contributed by atoms with Crippen molar-refractivity contribution in [3.05, 3.63) is 23.8 Å². The van der Waals surface area contributed by atoms with Crippen molar-refractivity contribution >= 4 is 15.7 Å². The van der Waals surface area contributed by atoms with E-state index in [4.69, 9.17) is 0 Å². The predicted molar refractivity (Wildman–Crippen MR) is 80.4 cm³/mol. The van der Waals surface area contributed by atoms with Gasteiger partial charge in [-0.2, -0.15) is 4.31 Å². The van der Waals surface area contributed by atoms with E-state index < -0.39 is 10.0 Å². The van der Waals surface area contributed by atoms with Gasteiger partial charge in [0.25, 0.3) is 0 Å². The van der Waals surface area contributed by atoms with Gasteiger partial charge in [0.2, 0.25) is 10.0 Å². The molecule has 2 atom stereocenters. The summed E-state index contributed by atoms with van der Waals surface area (Å²) in [5.74, 6) is 0.442. The summed E-state index contributed by atoms with van der Waals surface area (Å²) in [6, 6.07) is 5.68. The summed E-state index contributed by atoms with van der Waals surface area (Å²) in [6.07, 6.45) is 2.79. The first-order valence-electron chi connectivity index (χ1n) is 7.38. The Morgan fingerprint density at radius 2 is 2.10 bits per heavy atom. The molecule has 3 rings (SSSR count). The topological polar surface area (TPSA) is 49.4 Å². The Morgan fingerprint density at radius 3 is 2.80 bits per heavy atom. The van der Waals surface area contributed by atoms with E-state index in [0.29, 0.717) is 17.4 Å². The molecular formula is C15H22N2O2S. The molecule has 2 aliphatic rings. The van der Waals surface area contributed by atoms with Crippen LogP contribution >= 0.6 is 0 Å². The number of nitrogens with zero attached hydrogens (tertiary/aromatic N) is 1. The molecule has 0 aromatic heterocycles. The molecular weight excluding hydrogens is 272 g/mol. The van der Waals surface area contributed by atoms with E-state index in [2.05, 4.69) is 12.2 Å². The minimum absolute atomic E-state index is 0.0994. The van der Waals surface area contributed by atoms with Crippen LogP contribution < -0.4 is 5.32 Å². The van der Waals surface area contributed by atoms with Crippen LogP contribution in [0.15, 0.2) is 23.1 Å². The molecule has 0 radical (unpaired) electrons. The lowest BCUT2D eigenvalue weighted by atomic mass is 10.0. The zero-order valence-corrected chi connectivity index (χ0v) is 12.9. The maximum Gasteiger partial charge on any atom is 0.243 e. The summed E-state index contributed by atoms with van der Waals surface area (Å²) in [5.41, 5.74) is 1.95. The minimum atomic E-state index is -3.37. The molecule has 0 aliphatic carbocycles. The monoisotopic (exact) mass is 294 g/mol. The third-order valence-electron chi connectivity index (χ3n) is 4.37. The molecule has 0 spiro atoms. The molecule has 1 fully saturated rings. The zero-order valence-electron chi connectivity index (χ0n) is 12.1. The highest BCUT2D eigenvalue weighted by atomic mass is 32.2. The van der Waals surface area contributed by atoms with Crippen LogP contribution in [0.5, 0.6) is 0 Å². The molecule has 1 saturated heterocycles. The third kappa shape index (κ3) is 2.23. The highest BCUT2D eigenvalue weighted by molar-refractivity contribution is 7.89. The molecule has 1 aromatic rings. The summed E-state index contributed by atoms with van der Waals surface area (Å²) in [4.78, 5) is 0.503. The fraction of sp³-hybridized carbons (Fsp3) is 0.600. The number of anilines is 1. The van der Waals surface area contributed by atoms with E-state index in [1.807, 2.05) is 19.1 Å². The van der Waals surface area contributed by atoms with Gasteiger partial charge in [-0.05, 0) is 49.8 Å². The van der Waals surface area contributed by atoms with E-state index in [0.717, 1.165) is 37.1 Å². The molecule has 5 heteroatoms. The minimum Gasteiger partial charge on any atom is -0.385 e. The van der Waals surface area contributed by atoms with E-state index in [-0.39, 0.29) is 6.04 Å². The number of fused-ring (bicyclic) bond motifs is 1. The smallest absolute Gasteiger partial charge is 0.243 e. The lowest BCUT2D eigenvalue weighted by Gasteiger charge is -2.25. The van der Waals surface area contributed by atoms with Gasteiger partial charge in [-0.25, -0.2) is 8.42 Å². The second-order valence-electron chi connectivity index (χ2n) is 6.08. The third-order valence-corrected chi connectivity index (χ3v) is 6.43. The second-order valence-corrected chi connectivity index (χ2v) is 7.94. The molecule has 20 heavy (non-hydrogen) atoms. The largest absolute Gasteiger partial charge is 0.385 e. The van der Waals surface area contributed by atoms with Crippen LogP contribution in [0, 0.1) is 5.92 Å². The zero-order chi connectivity index (χ0) is 14.3. The van der Waals surface area contributed by atoms with Crippen LogP contribution in [-0.4, -0.2) is 31.9 Å². The van der Waals surface area contributed by atoms with E-state index in [9.17, 15) is 8.42 Å². The Kier molecular flexibility index (Phi) is 3.50. The van der Waals surface area contributed by atoms with E-state index >= 15 is 0 Å². The molecule has 0 amide bonds. The number of benzene rings is 1. The lowest BCUT2D eigenvalue weighted by molar-refractivity contribution is 0.405. The van der Waals surface area contributed by atoms with Crippen LogP contribution in [0.3, 0.4) is 0 Å². The maximum absolute atomic E-state index is 13.0. The number of hydrogen-bond acceptors (Lipinski definition) is 3. The van der Waals surface area contributed by atoms with Crippen LogP contribution in [0.2, 0.25) is 0 Å². The standard InChI is InChI=1S/C15H22N2O2S/c1-11-9-12(2)17(10-11)20(18,19)15-7-3-6-14-13(15)5-4-8-16-14/h3,6-7,11-12,16H,4-5,8-10H2,1-2H3. The van der Waals surface area contributed by atoms with Gasteiger partial charge in [0.15, 0.2) is 0 Å². The SMILES string of the molecule is CC1CC(C)N(S(=O)(=O)c2cccc3c2CCCN3)C1. The van der Waals surface area contributed by atoms with Crippen LogP contribution in [0.1, 0.15) is 32.3 Å². The summed E-state index contributed by atoms with van der Waals surface area (Å²) < 4.78 is 27.6. The van der Waals surface area contributed by atoms with Crippen molar-refractivity contribution in [3.63, 3.8) is 0 Å². The molecule has 2 unspecified atom stereocenters. The average molecular weight is 294 g/mol. The van der Waals surface area contributed by atoms with Gasteiger partial charge in [0.1, 0.15) is 0 Å². The van der Waals surface area contributed by atoms with Gasteiger partial charge in [-0.1, -0.05) is 13.0 Å². The normalized spacial score (nSPS) is 27.1. The van der Waals surface area contributed by atoms with Gasteiger partial charge in [0, 0.05) is 24.8 Å². The molecule has 1 N–H and O–H groups in total. The van der Waals surface area contributed by atoms with Gasteiger partial charge >= 0.3 is 0 Å². The number of sulfonamides is 1. The van der Waals surface area contributed by atoms with Crippen molar-refractivity contribution in [1.82, 2.24) is 4.31 Å². The molecule has 0 saturated carbocycles. The molecule has 2 aliphatic heterocycles. The van der Waals surface area contributed by atoms with Crippen molar-refractivity contribution in [2.45, 2.75) is 44.0 Å². The van der Waals surface area contributed by atoms with E-state index in [1.54, 1.807) is 10.4 Å². The first-order valence-corrected chi connectivity index (χ1v) is 8.82. The molecule has 110 valence electrons. The van der Waals surface area contributed by atoms with Crippen molar-refractivity contribution < 1.29 is 8.42 Å². The van der Waals surface area contributed by atoms with Gasteiger partial charge in [-0.3, -0.25) is 0 Å². The Hall–Kier alpha value is -1.07. The summed E-state index contributed by atoms with van der Waals surface area (Å²) in [7, 11) is -3.37. The van der Waals surface area contributed by atoms with Crippen LogP contribution in [0.4, 0.5) is 5.69 Å². The molecule has 1 aromatic carbocycles. The number of hydrogen-bond donors (Lipinski definition) is 1. The van der Waals surface area contributed by atoms with Crippen LogP contribution in [0.25, 0.3) is 0 Å². The van der Waals surface area contributed by atoms with Crippen molar-refractivity contribution in [3.8, 4) is 0 Å². The molecule has 0 bridgehead atoms. The van der Waals surface area contributed by atoms with Gasteiger partial charge in [-0.15, -0.1) is 0 Å². The fourth-order valence-corrected chi connectivity index (χ4v) is 5.48. The Bertz CT molecular complexity index is 612. The summed E-state index contributed by atoms with van der Waals surface area (Å²) in [5, 5.41) is 3.30. The maximum atomic E-state index is 13.0. The molecule has 2 heterocycles. The highest BCUT2D eigenvalue weighted by Gasteiger charge is 2.37. The first kappa shape index (κ1) is 13.9. The Balaban J connectivity index is 2.04. The summed E-state index contributed by atoms with van der Waals surface area (Å²) in [6.45, 7) is 5.69. The average Bonchev–Trinajstić information content (AvgIpc) is 2.78. The predicted octanol–water partition coefficient (Wildman–Crippen LogP) is 2.46. The first-order chi connectivity index (χ1) is 9.50. The van der Waals surface area contributed by atoms with Crippen molar-refractivity contribution in [2.24, 2.45) is 5.92 Å². The Labute approximate surface area is 121 Å². The van der Waals surface area contributed by atoms with Crippen molar-refractivity contribution in [2.75, 3.05) is 18.4 Å². The fourth-order valence-electron chi connectivity index (χ4n) is 3.44. The number of nitrogens with one attached hydrogen (secondary N) is 1.